The van der Waals surface area contributed by atoms with Gasteiger partial charge in [0, 0.05) is 5.57 Å². The van der Waals surface area contributed by atoms with E-state index in [1.54, 1.807) is 0 Å². The Hall–Kier alpha value is -1.62. The average Bonchev–Trinajstić information content (AvgIpc) is 3.10. The number of aliphatic carboxylic acids is 1. The van der Waals surface area contributed by atoms with E-state index in [4.69, 9.17) is 14.6 Å². The number of carbonyl (C=O) groups excluding carboxylic acids is 1. The molecule has 1 unspecified atom stereocenters. The second-order valence-corrected chi connectivity index (χ2v) is 4.61. The Kier molecular flexibility index (Phi) is 3.81. The molecule has 0 saturated carbocycles. The highest BCUT2D eigenvalue weighted by atomic mass is 16.6. The van der Waals surface area contributed by atoms with Gasteiger partial charge in [0.05, 0.1) is 18.3 Å². The lowest BCUT2D eigenvalue weighted by molar-refractivity contribution is -0.135. The Morgan fingerprint density at radius 3 is 2.67 bits per heavy atom. The van der Waals surface area contributed by atoms with Crippen LogP contribution in [0.1, 0.15) is 32.6 Å². The third-order valence-electron chi connectivity index (χ3n) is 3.23. The molecular weight excluding hydrogens is 236 g/mol. The van der Waals surface area contributed by atoms with Gasteiger partial charge in [-0.25, -0.2) is 9.59 Å². The topological polar surface area (TPSA) is 76.1 Å². The summed E-state index contributed by atoms with van der Waals surface area (Å²) >= 11 is 0. The number of allylic oxidation sites excluding steroid dienone is 1. The number of hydrogen-bond acceptors (Lipinski definition) is 4. The molecule has 0 aromatic rings. The number of hydrogen-bond donors (Lipinski definition) is 1. The standard InChI is InChI=1S/C13H16O5/c1-8-2-5-11(8)13(16)18-6-9(12(14)15)3-4-10-7-17-10/h6,10H,2-5,7H2,1H3,(H,14,15). The van der Waals surface area contributed by atoms with Gasteiger partial charge in [-0.15, -0.1) is 0 Å². The third-order valence-corrected chi connectivity index (χ3v) is 3.23. The van der Waals surface area contributed by atoms with E-state index in [1.165, 1.54) is 0 Å². The van der Waals surface area contributed by atoms with Crippen LogP contribution in [0.15, 0.2) is 23.0 Å². The first-order valence-electron chi connectivity index (χ1n) is 6.01. The maximum atomic E-state index is 11.6. The fourth-order valence-corrected chi connectivity index (χ4v) is 1.74. The molecule has 1 atom stereocenters. The van der Waals surface area contributed by atoms with Gasteiger partial charge in [0.1, 0.15) is 6.26 Å². The summed E-state index contributed by atoms with van der Waals surface area (Å²) in [7, 11) is 0. The fraction of sp³-hybridized carbons (Fsp3) is 0.538. The second-order valence-electron chi connectivity index (χ2n) is 4.61. The van der Waals surface area contributed by atoms with Crippen molar-refractivity contribution in [2.75, 3.05) is 6.61 Å². The third kappa shape index (κ3) is 3.20. The van der Waals surface area contributed by atoms with Gasteiger partial charge in [-0.2, -0.15) is 0 Å². The molecule has 1 heterocycles. The number of rotatable bonds is 6. The van der Waals surface area contributed by atoms with Gasteiger partial charge in [-0.3, -0.25) is 0 Å². The van der Waals surface area contributed by atoms with Crippen LogP contribution in [0.3, 0.4) is 0 Å². The molecular formula is C13H16O5. The van der Waals surface area contributed by atoms with Gasteiger partial charge in [-0.05, 0) is 32.6 Å². The molecule has 2 rings (SSSR count). The molecule has 1 saturated heterocycles. The molecule has 1 aliphatic heterocycles. The molecule has 98 valence electrons. The van der Waals surface area contributed by atoms with E-state index in [9.17, 15) is 9.59 Å². The van der Waals surface area contributed by atoms with E-state index in [0.717, 1.165) is 24.7 Å². The first-order valence-corrected chi connectivity index (χ1v) is 6.01. The summed E-state index contributed by atoms with van der Waals surface area (Å²) in [6.07, 6.45) is 3.87. The summed E-state index contributed by atoms with van der Waals surface area (Å²) in [5.74, 6) is -1.48. The van der Waals surface area contributed by atoms with Crippen LogP contribution < -0.4 is 0 Å². The molecule has 0 bridgehead atoms. The van der Waals surface area contributed by atoms with Crippen LogP contribution in [0.4, 0.5) is 0 Å². The molecule has 0 aromatic carbocycles. The minimum absolute atomic E-state index is 0.108. The summed E-state index contributed by atoms with van der Waals surface area (Å²) in [4.78, 5) is 22.5. The highest BCUT2D eigenvalue weighted by Crippen LogP contribution is 2.28. The van der Waals surface area contributed by atoms with E-state index >= 15 is 0 Å². The monoisotopic (exact) mass is 252 g/mol. The van der Waals surface area contributed by atoms with E-state index in [1.807, 2.05) is 6.92 Å². The minimum atomic E-state index is -1.05. The van der Waals surface area contributed by atoms with Crippen molar-refractivity contribution < 1.29 is 24.2 Å². The maximum Gasteiger partial charge on any atom is 0.338 e. The summed E-state index contributed by atoms with van der Waals surface area (Å²) in [5, 5.41) is 8.97. The van der Waals surface area contributed by atoms with Crippen LogP contribution >= 0.6 is 0 Å². The van der Waals surface area contributed by atoms with Gasteiger partial charge in [0.2, 0.25) is 0 Å². The summed E-state index contributed by atoms with van der Waals surface area (Å²) < 4.78 is 9.92. The van der Waals surface area contributed by atoms with Gasteiger partial charge in [-0.1, -0.05) is 5.57 Å². The Morgan fingerprint density at radius 2 is 2.22 bits per heavy atom. The smallest absolute Gasteiger partial charge is 0.338 e. The van der Waals surface area contributed by atoms with Gasteiger partial charge >= 0.3 is 11.9 Å². The number of esters is 1. The van der Waals surface area contributed by atoms with Crippen LogP contribution in [0.2, 0.25) is 0 Å². The molecule has 0 aromatic heterocycles. The largest absolute Gasteiger partial charge is 0.478 e. The van der Waals surface area contributed by atoms with Crippen molar-refractivity contribution in [3.05, 3.63) is 23.0 Å². The quantitative estimate of drug-likeness (QED) is 0.337. The predicted octanol–water partition coefficient (Wildman–Crippen LogP) is 1.79. The molecule has 0 amide bonds. The van der Waals surface area contributed by atoms with Crippen LogP contribution in [-0.4, -0.2) is 29.8 Å². The molecule has 1 aliphatic carbocycles. The van der Waals surface area contributed by atoms with Crippen LogP contribution in [0.25, 0.3) is 0 Å². The average molecular weight is 252 g/mol. The van der Waals surface area contributed by atoms with Gasteiger partial charge in [0.15, 0.2) is 0 Å². The van der Waals surface area contributed by atoms with Crippen molar-refractivity contribution in [3.8, 4) is 0 Å². The van der Waals surface area contributed by atoms with E-state index in [2.05, 4.69) is 0 Å². The number of ether oxygens (including phenoxy) is 2. The first kappa shape index (κ1) is 12.8. The first-order chi connectivity index (χ1) is 8.58. The molecule has 1 N–H and O–H groups in total. The zero-order chi connectivity index (χ0) is 13.1. The van der Waals surface area contributed by atoms with E-state index in [-0.39, 0.29) is 11.7 Å². The van der Waals surface area contributed by atoms with Crippen molar-refractivity contribution in [1.82, 2.24) is 0 Å². The maximum absolute atomic E-state index is 11.6. The van der Waals surface area contributed by atoms with Crippen molar-refractivity contribution in [2.45, 2.75) is 38.7 Å². The summed E-state index contributed by atoms with van der Waals surface area (Å²) in [6, 6.07) is 0. The summed E-state index contributed by atoms with van der Waals surface area (Å²) in [6.45, 7) is 2.57. The lowest BCUT2D eigenvalue weighted by Crippen LogP contribution is -2.14. The van der Waals surface area contributed by atoms with Gasteiger partial charge in [0.25, 0.3) is 0 Å². The zero-order valence-electron chi connectivity index (χ0n) is 10.3. The molecule has 18 heavy (non-hydrogen) atoms. The Morgan fingerprint density at radius 1 is 1.50 bits per heavy atom. The van der Waals surface area contributed by atoms with Crippen LogP contribution in [-0.2, 0) is 19.1 Å². The normalized spacial score (nSPS) is 22.5. The molecule has 0 spiro atoms. The number of epoxide rings is 1. The van der Waals surface area contributed by atoms with Gasteiger partial charge < -0.3 is 14.6 Å². The molecule has 2 aliphatic rings. The highest BCUT2D eigenvalue weighted by molar-refractivity contribution is 5.92. The molecule has 5 heteroatoms. The number of carboxylic acids is 1. The van der Waals surface area contributed by atoms with Crippen molar-refractivity contribution in [3.63, 3.8) is 0 Å². The van der Waals surface area contributed by atoms with Crippen molar-refractivity contribution >= 4 is 11.9 Å². The Balaban J connectivity index is 1.88. The zero-order valence-corrected chi connectivity index (χ0v) is 10.3. The molecule has 1 fully saturated rings. The summed E-state index contributed by atoms with van der Waals surface area (Å²) in [5.41, 5.74) is 1.80. The number of carbonyl (C=O) groups is 2. The van der Waals surface area contributed by atoms with E-state index < -0.39 is 11.9 Å². The fourth-order valence-electron chi connectivity index (χ4n) is 1.74. The second kappa shape index (κ2) is 5.35. The minimum Gasteiger partial charge on any atom is -0.478 e. The van der Waals surface area contributed by atoms with Crippen LogP contribution in [0.5, 0.6) is 0 Å². The van der Waals surface area contributed by atoms with Crippen LogP contribution in [0, 0.1) is 0 Å². The SMILES string of the molecule is CC1=C(C(=O)OC=C(CCC2CO2)C(=O)O)CC1. The predicted molar refractivity (Wildman–Crippen MR) is 62.7 cm³/mol. The van der Waals surface area contributed by atoms with E-state index in [0.29, 0.717) is 25.0 Å². The Labute approximate surface area is 105 Å². The Bertz CT molecular complexity index is 429. The number of carboxylic acid groups (broad SMARTS) is 1. The van der Waals surface area contributed by atoms with Crippen molar-refractivity contribution in [2.24, 2.45) is 0 Å². The lowest BCUT2D eigenvalue weighted by atomic mass is 9.90. The molecule has 0 radical (unpaired) electrons. The van der Waals surface area contributed by atoms with Crippen molar-refractivity contribution in [1.29, 1.82) is 0 Å². The lowest BCUT2D eigenvalue weighted by Gasteiger charge is -2.18. The highest BCUT2D eigenvalue weighted by Gasteiger charge is 2.24. The molecule has 5 nitrogen and oxygen atoms in total.